The maximum atomic E-state index is 12.7. The maximum absolute atomic E-state index is 12.7. The van der Waals surface area contributed by atoms with Gasteiger partial charge in [0, 0.05) is 25.7 Å². The van der Waals surface area contributed by atoms with Gasteiger partial charge in [-0.2, -0.15) is 4.31 Å². The molecule has 8 heteroatoms. The highest BCUT2D eigenvalue weighted by Crippen LogP contribution is 2.29. The molecule has 0 saturated carbocycles. The molecule has 0 spiro atoms. The normalized spacial score (nSPS) is 17.0. The van der Waals surface area contributed by atoms with Gasteiger partial charge >= 0.3 is 0 Å². The lowest BCUT2D eigenvalue weighted by molar-refractivity contribution is -0.384. The van der Waals surface area contributed by atoms with E-state index in [2.05, 4.69) is 5.32 Å². The molecular formula is C14H21N3O4S. The van der Waals surface area contributed by atoms with Crippen molar-refractivity contribution in [1.82, 2.24) is 4.31 Å². The molecular weight excluding hydrogens is 306 g/mol. The highest BCUT2D eigenvalue weighted by atomic mass is 32.2. The van der Waals surface area contributed by atoms with Gasteiger partial charge in [-0.1, -0.05) is 12.8 Å². The molecule has 1 fully saturated rings. The fourth-order valence-electron chi connectivity index (χ4n) is 2.59. The summed E-state index contributed by atoms with van der Waals surface area (Å²) in [4.78, 5) is 10.6. The van der Waals surface area contributed by atoms with Crippen LogP contribution in [-0.4, -0.2) is 37.3 Å². The van der Waals surface area contributed by atoms with E-state index in [1.54, 1.807) is 0 Å². The van der Waals surface area contributed by atoms with Crippen LogP contribution in [0.5, 0.6) is 0 Å². The number of nitro groups is 1. The predicted octanol–water partition coefficient (Wildman–Crippen LogP) is 2.59. The van der Waals surface area contributed by atoms with E-state index in [-0.39, 0.29) is 10.6 Å². The van der Waals surface area contributed by atoms with Gasteiger partial charge in [-0.05, 0) is 31.9 Å². The molecule has 0 radical (unpaired) electrons. The topological polar surface area (TPSA) is 92.6 Å². The van der Waals surface area contributed by atoms with E-state index >= 15 is 0 Å². The molecule has 1 aromatic rings. The van der Waals surface area contributed by atoms with Gasteiger partial charge in [0.15, 0.2) is 0 Å². The van der Waals surface area contributed by atoms with E-state index in [4.69, 9.17) is 0 Å². The largest absolute Gasteiger partial charge is 0.380 e. The standard InChI is InChI=1S/C14H21N3O4S/c1-2-15-13-8-7-12(11-14(13)17(18)19)22(20,21)16-9-5-3-4-6-10-16/h7-8,11,15H,2-6,9-10H2,1H3. The van der Waals surface area contributed by atoms with Crippen molar-refractivity contribution in [2.45, 2.75) is 37.5 Å². The first-order chi connectivity index (χ1) is 10.5. The SMILES string of the molecule is CCNc1ccc(S(=O)(=O)N2CCCCCC2)cc1[N+](=O)[O-]. The van der Waals surface area contributed by atoms with Gasteiger partial charge in [0.05, 0.1) is 9.82 Å². The zero-order valence-electron chi connectivity index (χ0n) is 12.6. The second-order valence-electron chi connectivity index (χ2n) is 5.28. The molecule has 0 aromatic heterocycles. The van der Waals surface area contributed by atoms with Crippen LogP contribution in [0.3, 0.4) is 0 Å². The van der Waals surface area contributed by atoms with Crippen molar-refractivity contribution in [1.29, 1.82) is 0 Å². The summed E-state index contributed by atoms with van der Waals surface area (Å²) < 4.78 is 26.8. The van der Waals surface area contributed by atoms with Gasteiger partial charge in [-0.15, -0.1) is 0 Å². The number of hydrogen-bond donors (Lipinski definition) is 1. The van der Waals surface area contributed by atoms with Crippen molar-refractivity contribution in [2.75, 3.05) is 25.0 Å². The Labute approximate surface area is 130 Å². The fourth-order valence-corrected chi connectivity index (χ4v) is 4.13. The molecule has 1 aliphatic rings. The summed E-state index contributed by atoms with van der Waals surface area (Å²) in [5.74, 6) is 0. The molecule has 0 unspecified atom stereocenters. The maximum Gasteiger partial charge on any atom is 0.293 e. The Morgan fingerprint density at radius 2 is 1.86 bits per heavy atom. The molecule has 0 bridgehead atoms. The second kappa shape index (κ2) is 7.06. The number of benzene rings is 1. The summed E-state index contributed by atoms with van der Waals surface area (Å²) in [6.45, 7) is 3.31. The highest BCUT2D eigenvalue weighted by Gasteiger charge is 2.27. The zero-order valence-corrected chi connectivity index (χ0v) is 13.4. The van der Waals surface area contributed by atoms with Crippen LogP contribution in [0.15, 0.2) is 23.1 Å². The number of nitrogens with zero attached hydrogens (tertiary/aromatic N) is 2. The Balaban J connectivity index is 2.38. The van der Waals surface area contributed by atoms with Crippen molar-refractivity contribution in [3.63, 3.8) is 0 Å². The molecule has 1 aliphatic heterocycles. The van der Waals surface area contributed by atoms with Crippen molar-refractivity contribution >= 4 is 21.4 Å². The van der Waals surface area contributed by atoms with Gasteiger partial charge in [0.1, 0.15) is 5.69 Å². The third kappa shape index (κ3) is 3.56. The number of anilines is 1. The van der Waals surface area contributed by atoms with Crippen LogP contribution in [0.1, 0.15) is 32.6 Å². The van der Waals surface area contributed by atoms with Gasteiger partial charge in [0.2, 0.25) is 10.0 Å². The van der Waals surface area contributed by atoms with Crippen molar-refractivity contribution in [2.24, 2.45) is 0 Å². The Kier molecular flexibility index (Phi) is 5.36. The molecule has 122 valence electrons. The summed E-state index contributed by atoms with van der Waals surface area (Å²) in [6, 6.07) is 4.05. The van der Waals surface area contributed by atoms with Gasteiger partial charge < -0.3 is 5.32 Å². The molecule has 1 heterocycles. The third-order valence-corrected chi connectivity index (χ3v) is 5.63. The van der Waals surface area contributed by atoms with Crippen LogP contribution >= 0.6 is 0 Å². The first-order valence-corrected chi connectivity index (χ1v) is 8.93. The van der Waals surface area contributed by atoms with Crippen LogP contribution in [0.25, 0.3) is 0 Å². The predicted molar refractivity (Wildman–Crippen MR) is 84.5 cm³/mol. The van der Waals surface area contributed by atoms with Crippen LogP contribution in [0, 0.1) is 10.1 Å². The molecule has 1 aromatic carbocycles. The molecule has 7 nitrogen and oxygen atoms in total. The van der Waals surface area contributed by atoms with Crippen LogP contribution in [0.4, 0.5) is 11.4 Å². The minimum absolute atomic E-state index is 0.0113. The quantitative estimate of drug-likeness (QED) is 0.663. The second-order valence-corrected chi connectivity index (χ2v) is 7.22. The number of rotatable bonds is 5. The van der Waals surface area contributed by atoms with Gasteiger partial charge in [-0.3, -0.25) is 10.1 Å². The Morgan fingerprint density at radius 1 is 1.23 bits per heavy atom. The number of nitro benzene ring substituents is 1. The summed E-state index contributed by atoms with van der Waals surface area (Å²) in [5, 5.41) is 14.0. The smallest absolute Gasteiger partial charge is 0.293 e. The van der Waals surface area contributed by atoms with Crippen molar-refractivity contribution < 1.29 is 13.3 Å². The van der Waals surface area contributed by atoms with E-state index < -0.39 is 14.9 Å². The number of sulfonamides is 1. The summed E-state index contributed by atoms with van der Waals surface area (Å²) in [5.41, 5.74) is 0.125. The molecule has 1 N–H and O–H groups in total. The summed E-state index contributed by atoms with van der Waals surface area (Å²) in [6.07, 6.45) is 3.70. The first-order valence-electron chi connectivity index (χ1n) is 7.49. The Morgan fingerprint density at radius 3 is 2.41 bits per heavy atom. The minimum Gasteiger partial charge on any atom is -0.380 e. The highest BCUT2D eigenvalue weighted by molar-refractivity contribution is 7.89. The molecule has 22 heavy (non-hydrogen) atoms. The third-order valence-electron chi connectivity index (χ3n) is 3.74. The average Bonchev–Trinajstić information content (AvgIpc) is 2.77. The lowest BCUT2D eigenvalue weighted by atomic mass is 10.2. The van der Waals surface area contributed by atoms with Gasteiger partial charge in [-0.25, -0.2) is 8.42 Å². The van der Waals surface area contributed by atoms with E-state index in [0.29, 0.717) is 25.3 Å². The first kappa shape index (κ1) is 16.7. The van der Waals surface area contributed by atoms with Gasteiger partial charge in [0.25, 0.3) is 5.69 Å². The van der Waals surface area contributed by atoms with E-state index in [0.717, 1.165) is 31.7 Å². The minimum atomic E-state index is -3.67. The van der Waals surface area contributed by atoms with Crippen LogP contribution in [0.2, 0.25) is 0 Å². The van der Waals surface area contributed by atoms with Crippen LogP contribution in [-0.2, 0) is 10.0 Å². The fraction of sp³-hybridized carbons (Fsp3) is 0.571. The molecule has 0 aliphatic carbocycles. The number of hydrogen-bond acceptors (Lipinski definition) is 5. The van der Waals surface area contributed by atoms with Crippen molar-refractivity contribution in [3.05, 3.63) is 28.3 Å². The lowest BCUT2D eigenvalue weighted by Gasteiger charge is -2.20. The number of nitrogens with one attached hydrogen (secondary N) is 1. The average molecular weight is 327 g/mol. The summed E-state index contributed by atoms with van der Waals surface area (Å²) in [7, 11) is -3.67. The lowest BCUT2D eigenvalue weighted by Crippen LogP contribution is -2.32. The van der Waals surface area contributed by atoms with Crippen LogP contribution < -0.4 is 5.32 Å². The summed E-state index contributed by atoms with van der Waals surface area (Å²) >= 11 is 0. The Bertz CT molecular complexity index is 637. The molecule has 2 rings (SSSR count). The molecule has 1 saturated heterocycles. The monoisotopic (exact) mass is 327 g/mol. The zero-order chi connectivity index (χ0) is 16.2. The van der Waals surface area contributed by atoms with E-state index in [9.17, 15) is 18.5 Å². The van der Waals surface area contributed by atoms with Crippen molar-refractivity contribution in [3.8, 4) is 0 Å². The molecule has 0 atom stereocenters. The molecule has 0 amide bonds. The van der Waals surface area contributed by atoms with E-state index in [1.807, 2.05) is 6.92 Å². The van der Waals surface area contributed by atoms with E-state index in [1.165, 1.54) is 16.4 Å². The Hall–Kier alpha value is -1.67.